The molecular formula is C16H12O4. The minimum atomic E-state index is -0.313. The van der Waals surface area contributed by atoms with E-state index in [1.807, 2.05) is 30.3 Å². The van der Waals surface area contributed by atoms with E-state index in [-0.39, 0.29) is 27.9 Å². The molecule has 0 atom stereocenters. The molecule has 3 aromatic rings. The molecule has 0 amide bonds. The topological polar surface area (TPSA) is 70.7 Å². The molecule has 0 aliphatic heterocycles. The van der Waals surface area contributed by atoms with Gasteiger partial charge in [-0.25, -0.2) is 0 Å². The predicted molar refractivity (Wildman–Crippen MR) is 76.0 cm³/mol. The van der Waals surface area contributed by atoms with Crippen LogP contribution >= 0.6 is 0 Å². The maximum Gasteiger partial charge on any atom is 0.204 e. The van der Waals surface area contributed by atoms with Crippen molar-refractivity contribution >= 4 is 11.0 Å². The van der Waals surface area contributed by atoms with E-state index >= 15 is 0 Å². The Labute approximate surface area is 114 Å². The van der Waals surface area contributed by atoms with Crippen molar-refractivity contribution in [1.82, 2.24) is 0 Å². The molecule has 0 saturated carbocycles. The summed E-state index contributed by atoms with van der Waals surface area (Å²) < 4.78 is 5.57. The summed E-state index contributed by atoms with van der Waals surface area (Å²) in [6.45, 7) is 1.68. The first kappa shape index (κ1) is 12.3. The van der Waals surface area contributed by atoms with Crippen LogP contribution in [-0.2, 0) is 0 Å². The van der Waals surface area contributed by atoms with Gasteiger partial charge in [0.05, 0.1) is 5.56 Å². The van der Waals surface area contributed by atoms with Crippen molar-refractivity contribution in [1.29, 1.82) is 0 Å². The van der Waals surface area contributed by atoms with Gasteiger partial charge in [-0.05, 0) is 12.5 Å². The SMILES string of the molecule is Cc1oc2cc(O)cc(O)c2c(=O)c1-c1ccccc1. The highest BCUT2D eigenvalue weighted by atomic mass is 16.3. The Balaban J connectivity index is 2.44. The quantitative estimate of drug-likeness (QED) is 0.711. The molecule has 0 aliphatic carbocycles. The van der Waals surface area contributed by atoms with Gasteiger partial charge in [-0.3, -0.25) is 4.79 Å². The van der Waals surface area contributed by atoms with Crippen LogP contribution in [0.3, 0.4) is 0 Å². The Morgan fingerprint density at radius 3 is 2.45 bits per heavy atom. The lowest BCUT2D eigenvalue weighted by Crippen LogP contribution is -2.07. The molecule has 0 saturated heterocycles. The van der Waals surface area contributed by atoms with Gasteiger partial charge in [0.2, 0.25) is 5.43 Å². The van der Waals surface area contributed by atoms with Gasteiger partial charge in [0.1, 0.15) is 28.2 Å². The fourth-order valence-corrected chi connectivity index (χ4v) is 2.34. The summed E-state index contributed by atoms with van der Waals surface area (Å²) in [7, 11) is 0. The summed E-state index contributed by atoms with van der Waals surface area (Å²) in [5, 5.41) is 19.4. The number of benzene rings is 2. The standard InChI is InChI=1S/C16H12O4/c1-9-14(10-5-3-2-4-6-10)16(19)15-12(18)7-11(17)8-13(15)20-9/h2-8,17-18H,1H3. The first-order valence-electron chi connectivity index (χ1n) is 6.12. The van der Waals surface area contributed by atoms with E-state index in [1.54, 1.807) is 6.92 Å². The first-order valence-corrected chi connectivity index (χ1v) is 6.12. The van der Waals surface area contributed by atoms with Gasteiger partial charge in [0.15, 0.2) is 0 Å². The average Bonchev–Trinajstić information content (AvgIpc) is 2.38. The molecule has 2 aromatic carbocycles. The van der Waals surface area contributed by atoms with Crippen LogP contribution in [0.2, 0.25) is 0 Å². The lowest BCUT2D eigenvalue weighted by molar-refractivity contribution is 0.451. The van der Waals surface area contributed by atoms with Crippen molar-refractivity contribution in [2.45, 2.75) is 6.92 Å². The normalized spacial score (nSPS) is 10.8. The van der Waals surface area contributed by atoms with E-state index in [0.29, 0.717) is 11.3 Å². The van der Waals surface area contributed by atoms with Crippen LogP contribution in [0.5, 0.6) is 11.5 Å². The predicted octanol–water partition coefficient (Wildman–Crippen LogP) is 3.18. The third-order valence-corrected chi connectivity index (χ3v) is 3.20. The molecule has 1 aromatic heterocycles. The summed E-state index contributed by atoms with van der Waals surface area (Å²) in [5.74, 6) is 0.00893. The van der Waals surface area contributed by atoms with Crippen molar-refractivity contribution in [2.24, 2.45) is 0 Å². The number of hydrogen-bond donors (Lipinski definition) is 2. The summed E-state index contributed by atoms with van der Waals surface area (Å²) in [6, 6.07) is 11.6. The molecule has 3 rings (SSSR count). The lowest BCUT2D eigenvalue weighted by Gasteiger charge is -2.08. The largest absolute Gasteiger partial charge is 0.508 e. The summed E-state index contributed by atoms with van der Waals surface area (Å²) in [6.07, 6.45) is 0. The van der Waals surface area contributed by atoms with E-state index in [1.165, 1.54) is 6.07 Å². The van der Waals surface area contributed by atoms with Crippen LogP contribution in [0, 0.1) is 6.92 Å². The molecule has 0 radical (unpaired) electrons. The summed E-state index contributed by atoms with van der Waals surface area (Å²) >= 11 is 0. The fourth-order valence-electron chi connectivity index (χ4n) is 2.34. The van der Waals surface area contributed by atoms with Gasteiger partial charge >= 0.3 is 0 Å². The van der Waals surface area contributed by atoms with Gasteiger partial charge in [0, 0.05) is 12.1 Å². The van der Waals surface area contributed by atoms with Crippen molar-refractivity contribution in [2.75, 3.05) is 0 Å². The Morgan fingerprint density at radius 1 is 1.05 bits per heavy atom. The zero-order valence-corrected chi connectivity index (χ0v) is 10.8. The molecule has 0 spiro atoms. The van der Waals surface area contributed by atoms with Gasteiger partial charge in [0.25, 0.3) is 0 Å². The third-order valence-electron chi connectivity index (χ3n) is 3.20. The second-order valence-electron chi connectivity index (χ2n) is 4.57. The number of fused-ring (bicyclic) bond motifs is 1. The lowest BCUT2D eigenvalue weighted by atomic mass is 10.0. The molecule has 4 nitrogen and oxygen atoms in total. The Hall–Kier alpha value is -2.75. The van der Waals surface area contributed by atoms with E-state index in [9.17, 15) is 15.0 Å². The molecule has 2 N–H and O–H groups in total. The molecule has 1 heterocycles. The van der Waals surface area contributed by atoms with Crippen LogP contribution in [0.4, 0.5) is 0 Å². The number of aromatic hydroxyl groups is 2. The van der Waals surface area contributed by atoms with Crippen LogP contribution in [0.15, 0.2) is 51.7 Å². The number of hydrogen-bond acceptors (Lipinski definition) is 4. The van der Waals surface area contributed by atoms with Crippen LogP contribution in [0.1, 0.15) is 5.76 Å². The van der Waals surface area contributed by atoms with Gasteiger partial charge < -0.3 is 14.6 Å². The van der Waals surface area contributed by atoms with Crippen molar-refractivity contribution in [3.05, 3.63) is 58.4 Å². The monoisotopic (exact) mass is 268 g/mol. The number of rotatable bonds is 1. The van der Waals surface area contributed by atoms with Gasteiger partial charge in [-0.1, -0.05) is 30.3 Å². The molecule has 0 fully saturated rings. The highest BCUT2D eigenvalue weighted by Gasteiger charge is 2.16. The molecule has 4 heteroatoms. The molecular weight excluding hydrogens is 256 g/mol. The Bertz CT molecular complexity index is 848. The maximum absolute atomic E-state index is 12.6. The van der Waals surface area contributed by atoms with Gasteiger partial charge in [-0.15, -0.1) is 0 Å². The minimum Gasteiger partial charge on any atom is -0.508 e. The maximum atomic E-state index is 12.6. The molecule has 20 heavy (non-hydrogen) atoms. The van der Waals surface area contributed by atoms with E-state index in [2.05, 4.69) is 0 Å². The molecule has 100 valence electrons. The number of phenolic OH excluding ortho intramolecular Hbond substituents is 2. The smallest absolute Gasteiger partial charge is 0.204 e. The number of aryl methyl sites for hydroxylation is 1. The van der Waals surface area contributed by atoms with Crippen molar-refractivity contribution < 1.29 is 14.6 Å². The molecule has 0 unspecified atom stereocenters. The molecule has 0 bridgehead atoms. The average molecular weight is 268 g/mol. The van der Waals surface area contributed by atoms with E-state index in [0.717, 1.165) is 11.6 Å². The van der Waals surface area contributed by atoms with E-state index < -0.39 is 0 Å². The zero-order valence-electron chi connectivity index (χ0n) is 10.8. The highest BCUT2D eigenvalue weighted by Crippen LogP contribution is 2.31. The summed E-state index contributed by atoms with van der Waals surface area (Å²) in [4.78, 5) is 12.6. The van der Waals surface area contributed by atoms with Crippen LogP contribution in [0.25, 0.3) is 22.1 Å². The van der Waals surface area contributed by atoms with Crippen molar-refractivity contribution in [3.63, 3.8) is 0 Å². The minimum absolute atomic E-state index is 0.0762. The summed E-state index contributed by atoms with van der Waals surface area (Å²) in [5.41, 5.74) is 1.00. The van der Waals surface area contributed by atoms with Crippen molar-refractivity contribution in [3.8, 4) is 22.6 Å². The van der Waals surface area contributed by atoms with Crippen LogP contribution < -0.4 is 5.43 Å². The second kappa shape index (κ2) is 4.42. The Kier molecular flexibility index (Phi) is 2.71. The first-order chi connectivity index (χ1) is 9.58. The van der Waals surface area contributed by atoms with Gasteiger partial charge in [-0.2, -0.15) is 0 Å². The second-order valence-corrected chi connectivity index (χ2v) is 4.57. The third kappa shape index (κ3) is 1.82. The Morgan fingerprint density at radius 2 is 1.75 bits per heavy atom. The number of phenols is 2. The zero-order chi connectivity index (χ0) is 14.3. The highest BCUT2D eigenvalue weighted by molar-refractivity contribution is 5.88. The van der Waals surface area contributed by atoms with Crippen LogP contribution in [-0.4, -0.2) is 10.2 Å². The molecule has 0 aliphatic rings. The fraction of sp³-hybridized carbons (Fsp3) is 0.0625. The van der Waals surface area contributed by atoms with E-state index in [4.69, 9.17) is 4.42 Å².